The van der Waals surface area contributed by atoms with Gasteiger partial charge in [-0.2, -0.15) is 4.98 Å². The summed E-state index contributed by atoms with van der Waals surface area (Å²) in [5.74, 6) is 0.204. The second-order valence-corrected chi connectivity index (χ2v) is 8.71. The summed E-state index contributed by atoms with van der Waals surface area (Å²) in [4.78, 5) is 10.3. The summed E-state index contributed by atoms with van der Waals surface area (Å²) >= 11 is 0. The van der Waals surface area contributed by atoms with Gasteiger partial charge in [0.05, 0.1) is 17.5 Å². The highest BCUT2D eigenvalue weighted by Gasteiger charge is 2.29. The van der Waals surface area contributed by atoms with E-state index in [-0.39, 0.29) is 23.0 Å². The number of sulfone groups is 1. The molecule has 9 heteroatoms. The van der Waals surface area contributed by atoms with Gasteiger partial charge in [-0.15, -0.1) is 0 Å². The van der Waals surface area contributed by atoms with Crippen molar-refractivity contribution in [3.63, 3.8) is 0 Å². The average Bonchev–Trinajstić information content (AvgIpc) is 2.81. The number of hydrogen-bond donors (Lipinski definition) is 1. The number of benzene rings is 1. The summed E-state index contributed by atoms with van der Waals surface area (Å²) < 4.78 is 44.6. The number of aromatic nitrogens is 2. The van der Waals surface area contributed by atoms with Crippen LogP contribution < -0.4 is 10.6 Å². The van der Waals surface area contributed by atoms with Crippen LogP contribution in [0.5, 0.6) is 0 Å². The minimum absolute atomic E-state index is 0.00744. The molecule has 0 amide bonds. The van der Waals surface area contributed by atoms with Crippen molar-refractivity contribution in [3.8, 4) is 0 Å². The Bertz CT molecular complexity index is 945. The zero-order chi connectivity index (χ0) is 19.8. The van der Waals surface area contributed by atoms with E-state index in [9.17, 15) is 8.42 Å². The Hall–Kier alpha value is -2.26. The van der Waals surface area contributed by atoms with Crippen LogP contribution in [0.4, 0.5) is 16.2 Å². The Morgan fingerprint density at radius 1 is 1.30 bits per heavy atom. The number of nitrogen functional groups attached to an aromatic ring is 1. The van der Waals surface area contributed by atoms with Gasteiger partial charge in [-0.1, -0.05) is 6.07 Å². The molecule has 1 fully saturated rings. The standard InChI is InChI=1S/C18H23FN4O3S/c1-11-9-16(22-18(20)21-11)23-7-4-8-26-10-14(23)13-5-6-15(27(3,24)25)12(2)17(13)19/h5-6,9,14H,4,7-8,10H2,1-3H3,(H2,20,21,22). The molecule has 1 aliphatic rings. The molecule has 0 radical (unpaired) electrons. The highest BCUT2D eigenvalue weighted by Crippen LogP contribution is 2.33. The first-order valence-corrected chi connectivity index (χ1v) is 10.5. The van der Waals surface area contributed by atoms with Crippen LogP contribution in [0.15, 0.2) is 23.1 Å². The molecule has 146 valence electrons. The van der Waals surface area contributed by atoms with Crippen molar-refractivity contribution >= 4 is 21.6 Å². The van der Waals surface area contributed by atoms with Crippen LogP contribution in [0.2, 0.25) is 0 Å². The third kappa shape index (κ3) is 4.03. The fourth-order valence-corrected chi connectivity index (χ4v) is 4.34. The van der Waals surface area contributed by atoms with Crippen LogP contribution in [0, 0.1) is 19.7 Å². The van der Waals surface area contributed by atoms with Gasteiger partial charge in [-0.3, -0.25) is 0 Å². The molecule has 2 N–H and O–H groups in total. The van der Waals surface area contributed by atoms with Gasteiger partial charge < -0.3 is 15.4 Å². The van der Waals surface area contributed by atoms with Crippen molar-refractivity contribution in [1.29, 1.82) is 0 Å². The summed E-state index contributed by atoms with van der Waals surface area (Å²) in [6.07, 6.45) is 1.82. The van der Waals surface area contributed by atoms with Gasteiger partial charge in [0.15, 0.2) is 9.84 Å². The van der Waals surface area contributed by atoms with Crippen molar-refractivity contribution in [1.82, 2.24) is 9.97 Å². The first-order chi connectivity index (χ1) is 12.7. The van der Waals surface area contributed by atoms with E-state index in [4.69, 9.17) is 10.5 Å². The van der Waals surface area contributed by atoms with E-state index in [1.165, 1.54) is 19.1 Å². The third-order valence-corrected chi connectivity index (χ3v) is 5.86. The van der Waals surface area contributed by atoms with Gasteiger partial charge >= 0.3 is 0 Å². The van der Waals surface area contributed by atoms with Gasteiger partial charge in [0.2, 0.25) is 5.95 Å². The lowest BCUT2D eigenvalue weighted by atomic mass is 10.0. The normalized spacial score (nSPS) is 18.4. The highest BCUT2D eigenvalue weighted by molar-refractivity contribution is 7.90. The Kier molecular flexibility index (Phi) is 5.34. The number of rotatable bonds is 3. The monoisotopic (exact) mass is 394 g/mol. The van der Waals surface area contributed by atoms with Crippen LogP contribution in [0.3, 0.4) is 0 Å². The van der Waals surface area contributed by atoms with E-state index >= 15 is 4.39 Å². The SMILES string of the molecule is Cc1cc(N2CCCOCC2c2ccc(S(C)(=O)=O)c(C)c2F)nc(N)n1. The third-order valence-electron chi connectivity index (χ3n) is 4.62. The number of anilines is 2. The van der Waals surface area contributed by atoms with E-state index in [2.05, 4.69) is 9.97 Å². The highest BCUT2D eigenvalue weighted by atomic mass is 32.2. The molecule has 1 saturated heterocycles. The Morgan fingerprint density at radius 2 is 2.04 bits per heavy atom. The van der Waals surface area contributed by atoms with Gasteiger partial charge in [0.25, 0.3) is 0 Å². The molecule has 1 unspecified atom stereocenters. The molecule has 3 rings (SSSR count). The number of halogens is 1. The maximum Gasteiger partial charge on any atom is 0.222 e. The first kappa shape index (κ1) is 19.5. The molecule has 1 aromatic carbocycles. The second-order valence-electron chi connectivity index (χ2n) is 6.73. The van der Waals surface area contributed by atoms with Crippen LogP contribution in [-0.4, -0.2) is 44.4 Å². The minimum atomic E-state index is -3.51. The second kappa shape index (κ2) is 7.40. The van der Waals surface area contributed by atoms with E-state index < -0.39 is 21.7 Å². The van der Waals surface area contributed by atoms with Crippen molar-refractivity contribution in [3.05, 3.63) is 40.8 Å². The number of nitrogens with two attached hydrogens (primary N) is 1. The van der Waals surface area contributed by atoms with Gasteiger partial charge in [0.1, 0.15) is 11.6 Å². The van der Waals surface area contributed by atoms with Crippen LogP contribution >= 0.6 is 0 Å². The average molecular weight is 394 g/mol. The molecular weight excluding hydrogens is 371 g/mol. The number of nitrogens with zero attached hydrogens (tertiary/aromatic N) is 3. The predicted octanol–water partition coefficient (Wildman–Crippen LogP) is 2.19. The smallest absolute Gasteiger partial charge is 0.222 e. The molecule has 27 heavy (non-hydrogen) atoms. The number of ether oxygens (including phenoxy) is 1. The molecule has 2 aromatic rings. The van der Waals surface area contributed by atoms with Crippen LogP contribution in [-0.2, 0) is 14.6 Å². The molecule has 2 heterocycles. The summed E-state index contributed by atoms with van der Waals surface area (Å²) in [6, 6.07) is 4.31. The molecule has 7 nitrogen and oxygen atoms in total. The summed E-state index contributed by atoms with van der Waals surface area (Å²) in [6.45, 7) is 4.71. The molecule has 1 atom stereocenters. The van der Waals surface area contributed by atoms with Crippen molar-refractivity contribution in [2.24, 2.45) is 0 Å². The fourth-order valence-electron chi connectivity index (χ4n) is 3.38. The maximum absolute atomic E-state index is 15.2. The van der Waals surface area contributed by atoms with E-state index in [0.29, 0.717) is 30.2 Å². The zero-order valence-electron chi connectivity index (χ0n) is 15.6. The quantitative estimate of drug-likeness (QED) is 0.852. The van der Waals surface area contributed by atoms with Gasteiger partial charge in [-0.25, -0.2) is 17.8 Å². The summed E-state index contributed by atoms with van der Waals surface area (Å²) in [7, 11) is -3.51. The molecular formula is C18H23FN4O3S. The molecule has 0 saturated carbocycles. The minimum Gasteiger partial charge on any atom is -0.379 e. The molecule has 1 aromatic heterocycles. The lowest BCUT2D eigenvalue weighted by Crippen LogP contribution is -2.32. The van der Waals surface area contributed by atoms with Crippen LogP contribution in [0.1, 0.15) is 29.3 Å². The topological polar surface area (TPSA) is 98.4 Å². The largest absolute Gasteiger partial charge is 0.379 e. The predicted molar refractivity (Wildman–Crippen MR) is 101 cm³/mol. The van der Waals surface area contributed by atoms with E-state index in [1.807, 2.05) is 11.8 Å². The summed E-state index contributed by atoms with van der Waals surface area (Å²) in [5, 5.41) is 0. The van der Waals surface area contributed by atoms with Crippen molar-refractivity contribution < 1.29 is 17.5 Å². The van der Waals surface area contributed by atoms with E-state index in [1.54, 1.807) is 6.07 Å². The molecule has 0 bridgehead atoms. The van der Waals surface area contributed by atoms with Crippen molar-refractivity contribution in [2.75, 3.05) is 36.6 Å². The maximum atomic E-state index is 15.2. The molecule has 0 aliphatic carbocycles. The van der Waals surface area contributed by atoms with Gasteiger partial charge in [0, 0.05) is 42.3 Å². The number of hydrogen-bond acceptors (Lipinski definition) is 7. The Morgan fingerprint density at radius 3 is 2.70 bits per heavy atom. The molecule has 1 aliphatic heterocycles. The first-order valence-electron chi connectivity index (χ1n) is 8.63. The van der Waals surface area contributed by atoms with E-state index in [0.717, 1.165) is 12.7 Å². The zero-order valence-corrected chi connectivity index (χ0v) is 16.4. The summed E-state index contributed by atoms with van der Waals surface area (Å²) in [5.41, 5.74) is 6.98. The Balaban J connectivity index is 2.10. The lowest BCUT2D eigenvalue weighted by molar-refractivity contribution is 0.133. The van der Waals surface area contributed by atoms with Crippen molar-refractivity contribution in [2.45, 2.75) is 31.2 Å². The molecule has 0 spiro atoms. The van der Waals surface area contributed by atoms with Crippen LogP contribution in [0.25, 0.3) is 0 Å². The fraction of sp³-hybridized carbons (Fsp3) is 0.444. The van der Waals surface area contributed by atoms with Gasteiger partial charge in [-0.05, 0) is 26.3 Å². The Labute approximate surface area is 158 Å². The number of aryl methyl sites for hydroxylation is 1. The lowest BCUT2D eigenvalue weighted by Gasteiger charge is -2.31.